The number of carboxylic acids is 1. The fourth-order valence-corrected chi connectivity index (χ4v) is 23.6. The molecule has 1 amide bonds. The fourth-order valence-electron chi connectivity index (χ4n) is 15.4. The van der Waals surface area contributed by atoms with Gasteiger partial charge in [-0.05, 0) is 19.1 Å². The molecular formula is C68H94N26O39P6S2. The van der Waals surface area contributed by atoms with Crippen molar-refractivity contribution in [1.29, 1.82) is 0 Å². The molecular weight excluding hydrogens is 2050 g/mol. The van der Waals surface area contributed by atoms with Gasteiger partial charge < -0.3 is 108 Å². The Balaban J connectivity index is 0.630. The maximum Gasteiger partial charge on any atom is 0.472 e. The number of carbonyl (C=O) groups excluding carboxylic acids is 1. The topological polar surface area (TPSA) is 934 Å². The Labute approximate surface area is 796 Å². The van der Waals surface area contributed by atoms with Crippen LogP contribution in [0.15, 0.2) is 84.8 Å². The summed E-state index contributed by atoms with van der Waals surface area (Å²) in [7, 11) is -30.9. The summed E-state index contributed by atoms with van der Waals surface area (Å²) < 4.78 is 194. The number of H-pyrrole nitrogens is 3. The van der Waals surface area contributed by atoms with Crippen molar-refractivity contribution in [2.24, 2.45) is 11.5 Å². The number of aliphatic carboxylic acids is 1. The van der Waals surface area contributed by atoms with Crippen molar-refractivity contribution in [3.05, 3.63) is 124 Å². The SMILES string of the molecule is Cc1cn([C@H]2C[C@H](OP(=O)(O)OC[C@H]3O[C@@H](n4cnc5c(=O)[nH]c(N)nc54)C[C@@H]3OP(=O)(O)OC[C@H]3O[C@@H](n4ccc(N)nc4=O)C[C@@H]3OP(=O)(O)OC[C@H]3O[C@@H](n4cnc5c(=O)[nH]c(N)nc54)C[C@@H]3OP(=O)(O)OC[C@H]3O[C@@H](n4ccc(N)nc4=O)C[C@@H]3OP(=O)(O)OC[C@H]3O[C@@H](n4cnc5c(N)ncnc54)C[C@@H]3OP(=O)(O)OC[C@H](N)C(=O)N[C@@H](CSSC(C)(C)C)C(=O)O)[C@@H](CN)O2)c(=O)[nH]c1=O. The standard InChI is InChI=1S/C68H94N26O39P6S2/c1-28-16-91(67(103)88-58(28)95)47-9-31(37(15-69)122-47)128-135(106,107)117-21-41-35(13-49(126-41)93-26-79-52-56(93)84-63(74)86-60(52)97)132-138(112,113)118-19-39-33(11-46(124-39)90-8-6-44(72)83-66(90)102)131-137(110,111)121-22-42-36(14-50(127-42)94-27-80-53-57(94)85-64(75)87-61(53)98)133-139(114,115)119-18-38-32(10-45(123-38)89-7-5-43(71)82-65(89)101)130-136(108,109)120-20-40-34(12-48(125-40)92-25-78-51-54(73)76-24-77-55(51)92)129-134(104,105)116-17-29(70)59(96)81-30(62(99)100)23-140-141-68(2,3)4/h5-8,16,24-27,29-42,45-50H,9-15,17-23,69-70H2,1-4H3,(H,81,96)(H,99,100)(H,104,105)(H,106,107)(H,108,109)(H,110,111)(H,112,113)(H,114,115)(H2,71,82,101)(H2,72,83,102)(H2,73,76,77)(H,88,95,103)(H3,74,84,86,97)(H3,75,85,87,98)/t29-,30-,31-,32-,33-,34-,35-,36-,37+,38+,39+,40+,41+,42+,45+,46+,47+,48+,49+,50+/m0/s1. The van der Waals surface area contributed by atoms with Crippen molar-refractivity contribution in [3.8, 4) is 0 Å². The number of phosphoric acid groups is 6. The molecule has 6 aliphatic heterocycles. The minimum Gasteiger partial charge on any atom is -0.480 e. The highest BCUT2D eigenvalue weighted by Gasteiger charge is 2.53. The smallest absolute Gasteiger partial charge is 0.472 e. The zero-order valence-corrected chi connectivity index (χ0v) is 80.6. The molecule has 15 heterocycles. The molecule has 65 nitrogen and oxygen atoms in total. The van der Waals surface area contributed by atoms with E-state index in [1.54, 1.807) is 0 Å². The molecule has 25 N–H and O–H groups in total. The molecule has 0 radical (unpaired) electrons. The van der Waals surface area contributed by atoms with Gasteiger partial charge in [0, 0.05) is 79.7 Å². The van der Waals surface area contributed by atoms with Gasteiger partial charge in [-0.3, -0.25) is 116 Å². The molecule has 15 rings (SSSR count). The predicted octanol–water partition coefficient (Wildman–Crippen LogP) is -1.85. The zero-order valence-electron chi connectivity index (χ0n) is 73.6. The number of aromatic amines is 3. The summed E-state index contributed by atoms with van der Waals surface area (Å²) in [5.74, 6) is -4.03. The van der Waals surface area contributed by atoms with Crippen LogP contribution in [0.4, 0.5) is 29.4 Å². The van der Waals surface area contributed by atoms with Gasteiger partial charge in [0.05, 0.1) is 64.7 Å². The second-order valence-electron chi connectivity index (χ2n) is 33.1. The van der Waals surface area contributed by atoms with Gasteiger partial charge >= 0.3 is 70.0 Å². The maximum atomic E-state index is 14.6. The molecule has 73 heteroatoms. The van der Waals surface area contributed by atoms with Crippen molar-refractivity contribution < 1.29 is 154 Å². The molecule has 9 aromatic rings. The van der Waals surface area contributed by atoms with E-state index >= 15 is 0 Å². The lowest BCUT2D eigenvalue weighted by Crippen LogP contribution is -2.51. The quantitative estimate of drug-likeness (QED) is 0.0147. The van der Waals surface area contributed by atoms with Crippen LogP contribution >= 0.6 is 68.5 Å². The number of rotatable bonds is 43. The molecule has 0 spiro atoms. The highest BCUT2D eigenvalue weighted by Crippen LogP contribution is 2.58. The number of anilines is 5. The number of nitrogens with two attached hydrogens (primary N) is 7. The van der Waals surface area contributed by atoms with Gasteiger partial charge in [0.25, 0.3) is 16.7 Å². The summed E-state index contributed by atoms with van der Waals surface area (Å²) in [4.78, 5) is 215. The minimum absolute atomic E-state index is 0.0641. The average Bonchev–Trinajstić information content (AvgIpc) is 1.63. The highest BCUT2D eigenvalue weighted by atomic mass is 33.1. The van der Waals surface area contributed by atoms with E-state index in [-0.39, 0.29) is 85.9 Å². The van der Waals surface area contributed by atoms with Crippen LogP contribution in [0.3, 0.4) is 0 Å². The zero-order chi connectivity index (χ0) is 102. The lowest BCUT2D eigenvalue weighted by Gasteiger charge is -2.26. The summed E-state index contributed by atoms with van der Waals surface area (Å²) in [6.07, 6.45) is -24.0. The molecule has 6 aliphatic rings. The molecule has 0 aromatic carbocycles. The van der Waals surface area contributed by atoms with Crippen LogP contribution in [0.5, 0.6) is 0 Å². The number of carbonyl (C=O) groups is 2. The van der Waals surface area contributed by atoms with Gasteiger partial charge in [0.15, 0.2) is 33.8 Å². The highest BCUT2D eigenvalue weighted by molar-refractivity contribution is 8.77. The van der Waals surface area contributed by atoms with E-state index in [2.05, 4.69) is 65.1 Å². The van der Waals surface area contributed by atoms with Crippen molar-refractivity contribution in [1.82, 2.24) is 92.5 Å². The summed E-state index contributed by atoms with van der Waals surface area (Å²) in [5.41, 5.74) is 35.2. The number of amides is 1. The van der Waals surface area contributed by atoms with Crippen LogP contribution in [0.1, 0.15) is 102 Å². The number of imidazole rings is 3. The van der Waals surface area contributed by atoms with E-state index in [0.29, 0.717) is 0 Å². The maximum absolute atomic E-state index is 14.6. The van der Waals surface area contributed by atoms with Crippen molar-refractivity contribution in [3.63, 3.8) is 0 Å². The van der Waals surface area contributed by atoms with Crippen molar-refractivity contribution in [2.45, 2.75) is 194 Å². The number of aryl methyl sites for hydroxylation is 1. The summed E-state index contributed by atoms with van der Waals surface area (Å²) in [6.45, 7) is 0.0561. The molecule has 26 atom stereocenters. The van der Waals surface area contributed by atoms with Crippen LogP contribution in [0.2, 0.25) is 0 Å². The number of carboxylic acid groups (broad SMARTS) is 1. The van der Waals surface area contributed by atoms with Crippen LogP contribution < -0.4 is 79.2 Å². The molecule has 0 bridgehead atoms. The van der Waals surface area contributed by atoms with Gasteiger partial charge in [-0.25, -0.2) is 71.5 Å². The second kappa shape index (κ2) is 42.8. The van der Waals surface area contributed by atoms with E-state index in [9.17, 15) is 100 Å². The number of nitrogen functional groups attached to an aromatic ring is 5. The largest absolute Gasteiger partial charge is 0.480 e. The fraction of sp³-hybridized carbons (Fsp3) is 0.574. The molecule has 6 saturated heterocycles. The third-order valence-electron chi connectivity index (χ3n) is 21.8. The average molecular weight is 2150 g/mol. The first kappa shape index (κ1) is 106. The Morgan fingerprint density at radius 2 is 0.830 bits per heavy atom. The molecule has 0 aliphatic carbocycles. The lowest BCUT2D eigenvalue weighted by molar-refractivity contribution is -0.141. The van der Waals surface area contributed by atoms with E-state index in [1.807, 2.05) is 20.8 Å². The first-order valence-electron chi connectivity index (χ1n) is 41.9. The van der Waals surface area contributed by atoms with Gasteiger partial charge in [-0.2, -0.15) is 19.9 Å². The van der Waals surface area contributed by atoms with Crippen molar-refractivity contribution in [2.75, 3.05) is 80.6 Å². The second-order valence-corrected chi connectivity index (χ2v) is 44.7. The Morgan fingerprint density at radius 1 is 0.482 bits per heavy atom. The molecule has 6 fully saturated rings. The summed E-state index contributed by atoms with van der Waals surface area (Å²) in [6, 6.07) is -0.892. The van der Waals surface area contributed by atoms with Gasteiger partial charge in [0.2, 0.25) is 17.8 Å². The van der Waals surface area contributed by atoms with Crippen LogP contribution in [0, 0.1) is 6.92 Å². The molecule has 772 valence electrons. The first-order chi connectivity index (χ1) is 66.3. The number of ether oxygens (including phenoxy) is 6. The van der Waals surface area contributed by atoms with Crippen LogP contribution in [-0.2, 0) is 120 Å². The molecule has 0 saturated carbocycles. The number of aromatic nitrogens is 18. The van der Waals surface area contributed by atoms with Crippen LogP contribution in [0.25, 0.3) is 33.5 Å². The summed E-state index contributed by atoms with van der Waals surface area (Å²) in [5, 5.41) is 12.1. The molecule has 141 heavy (non-hydrogen) atoms. The van der Waals surface area contributed by atoms with Crippen molar-refractivity contribution >= 4 is 143 Å². The summed E-state index contributed by atoms with van der Waals surface area (Å²) >= 11 is 0. The Morgan fingerprint density at radius 3 is 1.20 bits per heavy atom. The third kappa shape index (κ3) is 26.0. The monoisotopic (exact) mass is 2150 g/mol. The minimum atomic E-state index is -5.72. The number of hydrogen-bond acceptors (Lipinski definition) is 50. The Kier molecular flexibility index (Phi) is 32.1. The number of nitrogens with one attached hydrogen (secondary N) is 4. The first-order valence-corrected chi connectivity index (χ1v) is 53.2. The Hall–Kier alpha value is -9.33. The molecule has 9 aromatic heterocycles. The molecule has 6 unspecified atom stereocenters. The number of fused-ring (bicyclic) bond motifs is 3. The van der Waals surface area contributed by atoms with E-state index in [1.165, 1.54) is 40.9 Å². The predicted molar refractivity (Wildman–Crippen MR) is 478 cm³/mol. The van der Waals surface area contributed by atoms with Gasteiger partial charge in [-0.15, -0.1) is 0 Å². The van der Waals surface area contributed by atoms with E-state index < -0.39 is 293 Å². The van der Waals surface area contributed by atoms with E-state index in [0.717, 1.165) is 71.1 Å². The van der Waals surface area contributed by atoms with Crippen LogP contribution in [-0.4, -0.2) is 276 Å². The van der Waals surface area contributed by atoms with E-state index in [4.69, 9.17) is 123 Å². The number of nitrogens with zero attached hydrogens (tertiary/aromatic N) is 15. The van der Waals surface area contributed by atoms with Gasteiger partial charge in [0.1, 0.15) is 140 Å². The number of phosphoric ester groups is 6. The lowest BCUT2D eigenvalue weighted by atomic mass is 10.2. The third-order valence-corrected chi connectivity index (χ3v) is 31.3. The normalized spacial score (nSPS) is 28.0. The Bertz CT molecular complexity index is 6850. The number of hydrogen-bond donors (Lipinski definition) is 18. The van der Waals surface area contributed by atoms with Gasteiger partial charge in [-0.1, -0.05) is 42.4 Å².